The number of amides is 1. The Morgan fingerprint density at radius 3 is 2.77 bits per heavy atom. The molecule has 2 fully saturated rings. The number of nitrogens with zero attached hydrogens (tertiary/aromatic N) is 5. The Balaban J connectivity index is 1.32. The fourth-order valence-corrected chi connectivity index (χ4v) is 3.67. The van der Waals surface area contributed by atoms with Crippen LogP contribution < -0.4 is 10.6 Å². The minimum atomic E-state index is -0.507. The van der Waals surface area contributed by atoms with Gasteiger partial charge in [-0.2, -0.15) is 0 Å². The average Bonchev–Trinajstić information content (AvgIpc) is 3.18. The number of pyridine rings is 1. The first-order valence-electron chi connectivity index (χ1n) is 9.81. The van der Waals surface area contributed by atoms with Gasteiger partial charge in [0.15, 0.2) is 0 Å². The lowest BCUT2D eigenvalue weighted by atomic mass is 10.0. The zero-order chi connectivity index (χ0) is 20.9. The van der Waals surface area contributed by atoms with E-state index in [-0.39, 0.29) is 11.6 Å². The van der Waals surface area contributed by atoms with E-state index in [2.05, 4.69) is 15.3 Å². The van der Waals surface area contributed by atoms with Crippen molar-refractivity contribution in [1.29, 1.82) is 0 Å². The molecule has 0 unspecified atom stereocenters. The van der Waals surface area contributed by atoms with E-state index >= 15 is 0 Å². The number of rotatable bonds is 5. The first kappa shape index (κ1) is 18.7. The Bertz CT molecular complexity index is 1110. The molecule has 3 aromatic rings. The lowest BCUT2D eigenvalue weighted by Crippen LogP contribution is -2.26. The van der Waals surface area contributed by atoms with Gasteiger partial charge in [-0.05, 0) is 44.0 Å². The summed E-state index contributed by atoms with van der Waals surface area (Å²) in [7, 11) is 0. The lowest BCUT2D eigenvalue weighted by molar-refractivity contribution is 0.129. The first-order valence-corrected chi connectivity index (χ1v) is 9.81. The highest BCUT2D eigenvalue weighted by Gasteiger charge is 2.41. The summed E-state index contributed by atoms with van der Waals surface area (Å²) in [5.41, 5.74) is 8.98. The number of carbonyl (C=O) groups is 1. The van der Waals surface area contributed by atoms with Gasteiger partial charge in [0.05, 0.1) is 35.7 Å². The van der Waals surface area contributed by atoms with E-state index in [1.807, 2.05) is 19.1 Å². The normalized spacial score (nSPS) is 19.8. The fourth-order valence-electron chi connectivity index (χ4n) is 3.67. The highest BCUT2D eigenvalue weighted by Crippen LogP contribution is 2.42. The van der Waals surface area contributed by atoms with Crippen molar-refractivity contribution in [3.05, 3.63) is 59.9 Å². The van der Waals surface area contributed by atoms with E-state index in [1.165, 1.54) is 11.0 Å². The van der Waals surface area contributed by atoms with Crippen molar-refractivity contribution in [2.45, 2.75) is 38.0 Å². The fraction of sp³-hybridized carbons (Fsp3) is 0.333. The Morgan fingerprint density at radius 2 is 2.13 bits per heavy atom. The summed E-state index contributed by atoms with van der Waals surface area (Å²) in [6.45, 7) is 2.54. The number of halogens is 1. The molecule has 1 saturated carbocycles. The van der Waals surface area contributed by atoms with Crippen LogP contribution in [0.1, 0.15) is 24.2 Å². The van der Waals surface area contributed by atoms with E-state index in [0.29, 0.717) is 29.9 Å². The van der Waals surface area contributed by atoms with Gasteiger partial charge in [0, 0.05) is 23.5 Å². The van der Waals surface area contributed by atoms with E-state index < -0.39 is 11.9 Å². The molecule has 2 aliphatic rings. The topological polar surface area (TPSA) is 99.2 Å². The third kappa shape index (κ3) is 3.41. The number of hydrogen-bond acceptors (Lipinski definition) is 6. The number of hydrogen-bond donors (Lipinski definition) is 1. The molecular formula is C21H21FN6O2. The van der Waals surface area contributed by atoms with Crippen molar-refractivity contribution < 1.29 is 13.9 Å². The van der Waals surface area contributed by atoms with Gasteiger partial charge in [-0.1, -0.05) is 11.3 Å². The summed E-state index contributed by atoms with van der Waals surface area (Å²) >= 11 is 0. The smallest absolute Gasteiger partial charge is 0.414 e. The van der Waals surface area contributed by atoms with Crippen LogP contribution in [0.25, 0.3) is 11.1 Å². The second-order valence-electron chi connectivity index (χ2n) is 7.95. The molecule has 30 heavy (non-hydrogen) atoms. The van der Waals surface area contributed by atoms with Crippen LogP contribution in [0.4, 0.5) is 14.9 Å². The molecule has 9 heteroatoms. The largest absolute Gasteiger partial charge is 0.442 e. The van der Waals surface area contributed by atoms with Gasteiger partial charge >= 0.3 is 6.09 Å². The number of anilines is 1. The molecule has 2 aromatic heterocycles. The van der Waals surface area contributed by atoms with Gasteiger partial charge < -0.3 is 10.5 Å². The predicted octanol–water partition coefficient (Wildman–Crippen LogP) is 2.76. The molecule has 1 aliphatic heterocycles. The van der Waals surface area contributed by atoms with Crippen molar-refractivity contribution >= 4 is 11.8 Å². The molecule has 1 aliphatic carbocycles. The summed E-state index contributed by atoms with van der Waals surface area (Å²) in [6.07, 6.45) is 4.37. The van der Waals surface area contributed by atoms with Crippen LogP contribution in [0.3, 0.4) is 0 Å². The third-order valence-corrected chi connectivity index (χ3v) is 5.56. The number of benzene rings is 1. The van der Waals surface area contributed by atoms with Crippen LogP contribution in [0.2, 0.25) is 0 Å². The van der Waals surface area contributed by atoms with Crippen LogP contribution >= 0.6 is 0 Å². The average molecular weight is 408 g/mol. The summed E-state index contributed by atoms with van der Waals surface area (Å²) < 4.78 is 21.9. The van der Waals surface area contributed by atoms with Crippen LogP contribution in [-0.4, -0.2) is 38.7 Å². The maximum Gasteiger partial charge on any atom is 0.414 e. The third-order valence-electron chi connectivity index (χ3n) is 5.56. The number of carbonyl (C=O) groups excluding carboxylic acids is 1. The molecule has 0 spiro atoms. The van der Waals surface area contributed by atoms with Crippen molar-refractivity contribution in [2.75, 3.05) is 11.4 Å². The highest BCUT2D eigenvalue weighted by atomic mass is 19.1. The van der Waals surface area contributed by atoms with Crippen LogP contribution in [0.5, 0.6) is 0 Å². The summed E-state index contributed by atoms with van der Waals surface area (Å²) in [5.74, 6) is -0.431. The van der Waals surface area contributed by atoms with Gasteiger partial charge in [-0.3, -0.25) is 9.88 Å². The van der Waals surface area contributed by atoms with Crippen LogP contribution in [0, 0.1) is 12.7 Å². The molecule has 0 bridgehead atoms. The summed E-state index contributed by atoms with van der Waals surface area (Å²) in [4.78, 5) is 18.1. The van der Waals surface area contributed by atoms with E-state index in [0.717, 1.165) is 24.2 Å². The first-order chi connectivity index (χ1) is 14.4. The van der Waals surface area contributed by atoms with Gasteiger partial charge in [0.25, 0.3) is 0 Å². The molecule has 1 atom stereocenters. The molecule has 154 valence electrons. The van der Waals surface area contributed by atoms with Crippen LogP contribution in [-0.2, 0) is 16.8 Å². The number of aromatic nitrogens is 4. The van der Waals surface area contributed by atoms with Gasteiger partial charge in [-0.25, -0.2) is 13.9 Å². The molecular weight excluding hydrogens is 387 g/mol. The molecule has 8 nitrogen and oxygen atoms in total. The molecule has 5 rings (SSSR count). The summed E-state index contributed by atoms with van der Waals surface area (Å²) in [6, 6.07) is 8.38. The number of cyclic esters (lactones) is 1. The van der Waals surface area contributed by atoms with E-state index in [9.17, 15) is 9.18 Å². The van der Waals surface area contributed by atoms with Crippen molar-refractivity contribution in [1.82, 2.24) is 20.0 Å². The second kappa shape index (κ2) is 6.88. The van der Waals surface area contributed by atoms with Gasteiger partial charge in [0.1, 0.15) is 11.9 Å². The maximum absolute atomic E-state index is 14.9. The zero-order valence-electron chi connectivity index (χ0n) is 16.5. The minimum Gasteiger partial charge on any atom is -0.442 e. The van der Waals surface area contributed by atoms with Crippen LogP contribution in [0.15, 0.2) is 42.7 Å². The Kier molecular flexibility index (Phi) is 4.28. The molecule has 0 radical (unpaired) electrons. The van der Waals surface area contributed by atoms with E-state index in [1.54, 1.807) is 29.2 Å². The number of nitrogens with two attached hydrogens (primary N) is 1. The predicted molar refractivity (Wildman–Crippen MR) is 107 cm³/mol. The molecule has 2 N–H and O–H groups in total. The maximum atomic E-state index is 14.9. The second-order valence-corrected chi connectivity index (χ2v) is 7.95. The number of ether oxygens (including phenoxy) is 1. The molecule has 1 aromatic carbocycles. The van der Waals surface area contributed by atoms with E-state index in [4.69, 9.17) is 10.5 Å². The highest BCUT2D eigenvalue weighted by molar-refractivity contribution is 5.90. The monoisotopic (exact) mass is 408 g/mol. The lowest BCUT2D eigenvalue weighted by Gasteiger charge is -2.15. The summed E-state index contributed by atoms with van der Waals surface area (Å²) in [5, 5.41) is 7.89. The molecule has 3 heterocycles. The minimum absolute atomic E-state index is 0.311. The number of aryl methyl sites for hydroxylation is 1. The Labute approximate surface area is 172 Å². The SMILES string of the molecule is Cc1cn(C[C@H]2CN(c3ccc(-c4ccc(C5(N)CC5)nc4)c(F)c3)C(=O)O2)nn1. The standard InChI is InChI=1S/C21H21FN6O2/c1-13-10-27(26-25-13)11-16-12-28(20(29)30-16)15-3-4-17(18(22)8-15)14-2-5-19(24-9-14)21(23)6-7-21/h2-5,8-10,16H,6-7,11-12,23H2,1H3/t16-/m0/s1. The molecule has 1 saturated heterocycles. The zero-order valence-corrected chi connectivity index (χ0v) is 16.5. The molecule has 1 amide bonds. The van der Waals surface area contributed by atoms with Crippen molar-refractivity contribution in [3.63, 3.8) is 0 Å². The van der Waals surface area contributed by atoms with Gasteiger partial charge in [0.2, 0.25) is 0 Å². The Hall–Kier alpha value is -3.33. The van der Waals surface area contributed by atoms with Crippen molar-refractivity contribution in [3.8, 4) is 11.1 Å². The van der Waals surface area contributed by atoms with Crippen molar-refractivity contribution in [2.24, 2.45) is 5.73 Å². The Morgan fingerprint density at radius 1 is 1.30 bits per heavy atom. The van der Waals surface area contributed by atoms with Gasteiger partial charge in [-0.15, -0.1) is 5.10 Å². The quantitative estimate of drug-likeness (QED) is 0.697.